The van der Waals surface area contributed by atoms with E-state index in [0.29, 0.717) is 22.6 Å². The van der Waals surface area contributed by atoms with Crippen LogP contribution in [-0.2, 0) is 0 Å². The van der Waals surface area contributed by atoms with Crippen molar-refractivity contribution in [3.63, 3.8) is 0 Å². The van der Waals surface area contributed by atoms with Crippen LogP contribution in [0.15, 0.2) is 85.3 Å². The lowest BCUT2D eigenvalue weighted by atomic mass is 10.1. The molecular formula is C29H30FN7O. The molecule has 38 heavy (non-hydrogen) atoms. The van der Waals surface area contributed by atoms with Crippen molar-refractivity contribution in [2.24, 2.45) is 0 Å². The Labute approximate surface area is 221 Å². The van der Waals surface area contributed by atoms with Crippen molar-refractivity contribution in [3.05, 3.63) is 96.4 Å². The Balaban J connectivity index is 1.37. The maximum Gasteiger partial charge on any atom is 0.333 e. The van der Waals surface area contributed by atoms with Gasteiger partial charge in [-0.15, -0.1) is 0 Å². The molecule has 2 N–H and O–H groups in total. The molecule has 194 valence electrons. The van der Waals surface area contributed by atoms with E-state index < -0.39 is 12.3 Å². The molecule has 8 nitrogen and oxygen atoms in total. The minimum Gasteiger partial charge on any atom is -0.307 e. The number of likely N-dealkylation sites (N-methyl/N-ethyl adjacent to an activating group) is 1. The number of pyridine rings is 1. The number of nitrogens with zero attached hydrogens (tertiary/aromatic N) is 5. The van der Waals surface area contributed by atoms with Gasteiger partial charge >= 0.3 is 6.03 Å². The summed E-state index contributed by atoms with van der Waals surface area (Å²) in [7, 11) is 2.03. The van der Waals surface area contributed by atoms with Crippen LogP contribution in [0.1, 0.15) is 23.8 Å². The van der Waals surface area contributed by atoms with Crippen LogP contribution in [0.2, 0.25) is 0 Å². The van der Waals surface area contributed by atoms with Gasteiger partial charge in [0.1, 0.15) is 0 Å². The van der Waals surface area contributed by atoms with E-state index in [1.165, 1.54) is 4.90 Å². The Morgan fingerprint density at radius 1 is 1.08 bits per heavy atom. The molecule has 2 unspecified atom stereocenters. The van der Waals surface area contributed by atoms with Gasteiger partial charge in [-0.05, 0) is 68.9 Å². The molecule has 5 rings (SSSR count). The highest BCUT2D eigenvalue weighted by atomic mass is 19.1. The van der Waals surface area contributed by atoms with Crippen LogP contribution in [-0.4, -0.2) is 52.1 Å². The molecule has 0 bridgehead atoms. The molecule has 2 atom stereocenters. The minimum atomic E-state index is -1.27. The van der Waals surface area contributed by atoms with Gasteiger partial charge in [0.05, 0.1) is 11.4 Å². The first-order valence-electron chi connectivity index (χ1n) is 12.6. The Morgan fingerprint density at radius 2 is 1.89 bits per heavy atom. The van der Waals surface area contributed by atoms with Crippen molar-refractivity contribution in [1.82, 2.24) is 25.2 Å². The lowest BCUT2D eigenvalue weighted by Gasteiger charge is -2.23. The summed E-state index contributed by atoms with van der Waals surface area (Å²) in [5.74, 6) is 0.226. The average molecular weight is 512 g/mol. The smallest absolute Gasteiger partial charge is 0.307 e. The molecule has 0 spiro atoms. The van der Waals surface area contributed by atoms with Gasteiger partial charge in [0, 0.05) is 48.0 Å². The maximum atomic E-state index is 14.9. The van der Waals surface area contributed by atoms with E-state index in [1.807, 2.05) is 50.4 Å². The van der Waals surface area contributed by atoms with Gasteiger partial charge in [-0.3, -0.25) is 10.3 Å². The Morgan fingerprint density at radius 3 is 2.61 bits per heavy atom. The van der Waals surface area contributed by atoms with Crippen molar-refractivity contribution in [3.8, 4) is 11.3 Å². The molecule has 2 amide bonds. The van der Waals surface area contributed by atoms with Gasteiger partial charge in [-0.25, -0.2) is 24.1 Å². The van der Waals surface area contributed by atoms with Crippen molar-refractivity contribution in [2.75, 3.05) is 30.4 Å². The fraction of sp³-hybridized carbons (Fsp3) is 0.241. The van der Waals surface area contributed by atoms with E-state index in [-0.39, 0.29) is 12.0 Å². The number of hydrogen-bond acceptors (Lipinski definition) is 6. The van der Waals surface area contributed by atoms with Crippen LogP contribution in [0, 0.1) is 6.92 Å². The third kappa shape index (κ3) is 5.85. The SMILES string of the molecule is Cc1ccccc1N(C(=O)Nc1ccc(C(F)NC2CCN(C)C2)cc1)c1nccc(-c2cccnc2)n1. The number of halogens is 1. The number of alkyl halides is 1. The van der Waals surface area contributed by atoms with Gasteiger partial charge < -0.3 is 10.2 Å². The second kappa shape index (κ2) is 11.5. The van der Waals surface area contributed by atoms with Crippen LogP contribution in [0.4, 0.5) is 26.5 Å². The number of likely N-dealkylation sites (tertiary alicyclic amines) is 1. The van der Waals surface area contributed by atoms with E-state index in [1.54, 1.807) is 48.9 Å². The first-order chi connectivity index (χ1) is 18.5. The third-order valence-electron chi connectivity index (χ3n) is 6.59. The van der Waals surface area contributed by atoms with E-state index in [9.17, 15) is 9.18 Å². The highest BCUT2D eigenvalue weighted by Gasteiger charge is 2.24. The molecule has 9 heteroatoms. The second-order valence-electron chi connectivity index (χ2n) is 9.43. The molecule has 1 saturated heterocycles. The predicted molar refractivity (Wildman–Crippen MR) is 147 cm³/mol. The van der Waals surface area contributed by atoms with Crippen LogP contribution in [0.25, 0.3) is 11.3 Å². The van der Waals surface area contributed by atoms with Crippen LogP contribution < -0.4 is 15.5 Å². The fourth-order valence-corrected chi connectivity index (χ4v) is 4.54. The van der Waals surface area contributed by atoms with Crippen molar-refractivity contribution >= 4 is 23.4 Å². The Kier molecular flexibility index (Phi) is 7.67. The number of carbonyl (C=O) groups excluding carboxylic acids is 1. The van der Waals surface area contributed by atoms with Crippen molar-refractivity contribution in [2.45, 2.75) is 25.7 Å². The summed E-state index contributed by atoms with van der Waals surface area (Å²) in [6.45, 7) is 3.71. The molecule has 4 aromatic rings. The number of hydrogen-bond donors (Lipinski definition) is 2. The monoisotopic (exact) mass is 511 g/mol. The van der Waals surface area contributed by atoms with Gasteiger partial charge in [-0.2, -0.15) is 0 Å². The summed E-state index contributed by atoms with van der Waals surface area (Å²) in [5.41, 5.74) is 4.05. The molecule has 2 aromatic carbocycles. The zero-order valence-corrected chi connectivity index (χ0v) is 21.4. The van der Waals surface area contributed by atoms with Gasteiger partial charge in [-0.1, -0.05) is 30.3 Å². The first kappa shape index (κ1) is 25.4. The number of rotatable bonds is 7. The van der Waals surface area contributed by atoms with Gasteiger partial charge in [0.15, 0.2) is 6.30 Å². The number of nitrogens with one attached hydrogen (secondary N) is 2. The zero-order chi connectivity index (χ0) is 26.5. The summed E-state index contributed by atoms with van der Waals surface area (Å²) in [6.07, 6.45) is 4.67. The summed E-state index contributed by atoms with van der Waals surface area (Å²) >= 11 is 0. The fourth-order valence-electron chi connectivity index (χ4n) is 4.54. The number of anilines is 3. The number of aryl methyl sites for hydroxylation is 1. The standard InChI is InChI=1S/C29H30FN7O/c1-20-6-3-4-8-26(20)37(28-32-16-13-25(35-28)22-7-5-15-31-18-22)29(38)34-23-11-9-21(10-12-23)27(30)33-24-14-17-36(2)19-24/h3-13,15-16,18,24,27,33H,14,17,19H2,1-2H3,(H,34,38). The molecule has 1 aliphatic heterocycles. The van der Waals surface area contributed by atoms with Gasteiger partial charge in [0.25, 0.3) is 0 Å². The minimum absolute atomic E-state index is 0.125. The Bertz CT molecular complexity index is 1380. The topological polar surface area (TPSA) is 86.3 Å². The zero-order valence-electron chi connectivity index (χ0n) is 21.4. The lowest BCUT2D eigenvalue weighted by Crippen LogP contribution is -2.33. The molecule has 0 radical (unpaired) electrons. The first-order valence-corrected chi connectivity index (χ1v) is 12.6. The number of aromatic nitrogens is 3. The molecule has 3 heterocycles. The number of amides is 2. The lowest BCUT2D eigenvalue weighted by molar-refractivity contribution is 0.249. The second-order valence-corrected chi connectivity index (χ2v) is 9.43. The van der Waals surface area contributed by atoms with Crippen molar-refractivity contribution < 1.29 is 9.18 Å². The number of para-hydroxylation sites is 1. The van der Waals surface area contributed by atoms with E-state index >= 15 is 0 Å². The molecule has 1 aliphatic rings. The van der Waals surface area contributed by atoms with Crippen LogP contribution >= 0.6 is 0 Å². The van der Waals surface area contributed by atoms with Crippen LogP contribution in [0.5, 0.6) is 0 Å². The number of urea groups is 1. The third-order valence-corrected chi connectivity index (χ3v) is 6.59. The van der Waals surface area contributed by atoms with E-state index in [0.717, 1.165) is 30.6 Å². The number of carbonyl (C=O) groups is 1. The predicted octanol–water partition coefficient (Wildman–Crippen LogP) is 5.48. The summed E-state index contributed by atoms with van der Waals surface area (Å²) in [5, 5.41) is 5.96. The molecule has 0 aliphatic carbocycles. The molecule has 0 saturated carbocycles. The normalized spacial score (nSPS) is 16.2. The van der Waals surface area contributed by atoms with Crippen molar-refractivity contribution in [1.29, 1.82) is 0 Å². The number of benzene rings is 2. The van der Waals surface area contributed by atoms with Crippen LogP contribution in [0.3, 0.4) is 0 Å². The molecule has 2 aromatic heterocycles. The average Bonchev–Trinajstić information content (AvgIpc) is 3.35. The van der Waals surface area contributed by atoms with E-state index in [2.05, 4.69) is 30.5 Å². The highest BCUT2D eigenvalue weighted by Crippen LogP contribution is 2.29. The maximum absolute atomic E-state index is 14.9. The van der Waals surface area contributed by atoms with E-state index in [4.69, 9.17) is 0 Å². The van der Waals surface area contributed by atoms with Gasteiger partial charge in [0.2, 0.25) is 5.95 Å². The summed E-state index contributed by atoms with van der Waals surface area (Å²) in [4.78, 5) is 30.5. The highest BCUT2D eigenvalue weighted by molar-refractivity contribution is 6.06. The quantitative estimate of drug-likeness (QED) is 0.320. The molecular weight excluding hydrogens is 481 g/mol. The summed E-state index contributed by atoms with van der Waals surface area (Å²) in [6, 6.07) is 19.5. The Hall–Kier alpha value is -4.21. The summed E-state index contributed by atoms with van der Waals surface area (Å²) < 4.78 is 14.9. The largest absolute Gasteiger partial charge is 0.333 e. The molecule has 1 fully saturated rings.